The number of carbonyl (C=O) groups is 5. The molecule has 46 heavy (non-hydrogen) atoms. The molecule has 1 aromatic carbocycles. The van der Waals surface area contributed by atoms with Gasteiger partial charge in [-0.25, -0.2) is 18.9 Å². The maximum atomic E-state index is 14.5. The third kappa shape index (κ3) is 7.36. The molecule has 4 aliphatic rings. The van der Waals surface area contributed by atoms with Crippen molar-refractivity contribution < 1.29 is 38.2 Å². The molecule has 250 valence electrons. The number of hydrogen-bond acceptors (Lipinski definition) is 6. The van der Waals surface area contributed by atoms with E-state index >= 15 is 0 Å². The predicted octanol–water partition coefficient (Wildman–Crippen LogP) is 4.83. The van der Waals surface area contributed by atoms with Gasteiger partial charge in [0.15, 0.2) is 0 Å². The van der Waals surface area contributed by atoms with Gasteiger partial charge in [-0.3, -0.25) is 19.3 Å². The van der Waals surface area contributed by atoms with Crippen LogP contribution in [0.1, 0.15) is 83.3 Å². The SMILES string of the molecule is C=CC1CC1N(C(=O)O)C(=O)C1CC(OC(=O)N2Cc3cccc(F)c3C2)CN1C(=O)C(CC(=O)NC(C)(C)C)C1CCCCC1. The van der Waals surface area contributed by atoms with Crippen LogP contribution in [0, 0.1) is 23.6 Å². The Labute approximate surface area is 269 Å². The van der Waals surface area contributed by atoms with Crippen LogP contribution in [0.3, 0.4) is 0 Å². The van der Waals surface area contributed by atoms with Gasteiger partial charge in [0, 0.05) is 36.4 Å². The zero-order valence-electron chi connectivity index (χ0n) is 26.9. The lowest BCUT2D eigenvalue weighted by Crippen LogP contribution is -2.53. The van der Waals surface area contributed by atoms with Gasteiger partial charge in [-0.2, -0.15) is 0 Å². The molecule has 12 heteroatoms. The van der Waals surface area contributed by atoms with E-state index in [0.29, 0.717) is 17.5 Å². The van der Waals surface area contributed by atoms with Crippen LogP contribution in [0.2, 0.25) is 0 Å². The smallest absolute Gasteiger partial charge is 0.414 e. The second-order valence-electron chi connectivity index (χ2n) is 14.2. The number of nitrogens with one attached hydrogen (secondary N) is 1. The number of imide groups is 1. The fraction of sp³-hybridized carbons (Fsp3) is 0.618. The standard InChI is InChI=1S/C34H45FN4O7/c1-5-20-14-27(20)39(32(43)44)31(42)28-15-23(46-33(45)37-17-22-12-9-13-26(35)25(22)19-37)18-38(28)30(41)24(21-10-7-6-8-11-21)16-29(40)36-34(2,3)4/h5,9,12-13,20-21,23-24,27-28H,1,6-8,10-11,14-19H2,2-4H3,(H,36,40)(H,43,44). The molecule has 11 nitrogen and oxygen atoms in total. The second-order valence-corrected chi connectivity index (χ2v) is 14.2. The van der Waals surface area contributed by atoms with Gasteiger partial charge in [0.05, 0.1) is 19.1 Å². The zero-order valence-corrected chi connectivity index (χ0v) is 26.9. The van der Waals surface area contributed by atoms with Gasteiger partial charge in [-0.15, -0.1) is 6.58 Å². The maximum Gasteiger partial charge on any atom is 0.414 e. The van der Waals surface area contributed by atoms with E-state index < -0.39 is 59.5 Å². The van der Waals surface area contributed by atoms with Crippen molar-refractivity contribution in [3.05, 3.63) is 47.8 Å². The van der Waals surface area contributed by atoms with Crippen molar-refractivity contribution in [2.45, 2.75) is 109 Å². The highest BCUT2D eigenvalue weighted by molar-refractivity contribution is 5.98. The molecule has 3 fully saturated rings. The summed E-state index contributed by atoms with van der Waals surface area (Å²) in [6, 6.07) is 2.88. The van der Waals surface area contributed by atoms with Crippen molar-refractivity contribution in [3.8, 4) is 0 Å². The summed E-state index contributed by atoms with van der Waals surface area (Å²) < 4.78 is 20.2. The summed E-state index contributed by atoms with van der Waals surface area (Å²) in [4.78, 5) is 70.6. The number of hydrogen-bond donors (Lipinski definition) is 2. The lowest BCUT2D eigenvalue weighted by atomic mass is 9.77. The van der Waals surface area contributed by atoms with Crippen LogP contribution in [-0.4, -0.2) is 80.0 Å². The maximum absolute atomic E-state index is 14.5. The first-order valence-corrected chi connectivity index (χ1v) is 16.3. The molecule has 5 atom stereocenters. The molecule has 2 aliphatic heterocycles. The van der Waals surface area contributed by atoms with Gasteiger partial charge < -0.3 is 20.1 Å². The van der Waals surface area contributed by atoms with E-state index in [1.54, 1.807) is 18.2 Å². The third-order valence-electron chi connectivity index (χ3n) is 9.62. The van der Waals surface area contributed by atoms with Crippen molar-refractivity contribution in [1.82, 2.24) is 20.0 Å². The average molecular weight is 641 g/mol. The number of nitrogens with zero attached hydrogens (tertiary/aromatic N) is 3. The summed E-state index contributed by atoms with van der Waals surface area (Å²) in [5.41, 5.74) is 0.586. The van der Waals surface area contributed by atoms with Gasteiger partial charge >= 0.3 is 12.2 Å². The molecule has 2 saturated carbocycles. The van der Waals surface area contributed by atoms with E-state index in [4.69, 9.17) is 4.74 Å². The van der Waals surface area contributed by atoms with E-state index in [1.807, 2.05) is 20.8 Å². The Morgan fingerprint density at radius 2 is 1.85 bits per heavy atom. The first-order chi connectivity index (χ1) is 21.8. The normalized spacial score (nSPS) is 25.0. The monoisotopic (exact) mass is 640 g/mol. The molecule has 0 radical (unpaired) electrons. The summed E-state index contributed by atoms with van der Waals surface area (Å²) in [6.45, 7) is 9.37. The topological polar surface area (TPSA) is 137 Å². The third-order valence-corrected chi connectivity index (χ3v) is 9.62. The molecule has 0 bridgehead atoms. The Kier molecular flexibility index (Phi) is 9.74. The molecule has 5 amide bonds. The van der Waals surface area contributed by atoms with Crippen molar-refractivity contribution >= 4 is 29.9 Å². The number of halogens is 1. The number of ether oxygens (including phenoxy) is 1. The van der Waals surface area contributed by atoms with Crippen molar-refractivity contribution in [2.75, 3.05) is 6.54 Å². The highest BCUT2D eigenvalue weighted by atomic mass is 19.1. The molecule has 0 aromatic heterocycles. The predicted molar refractivity (Wildman–Crippen MR) is 166 cm³/mol. The second kappa shape index (κ2) is 13.4. The quantitative estimate of drug-likeness (QED) is 0.389. The van der Waals surface area contributed by atoms with Gasteiger partial charge in [0.2, 0.25) is 11.8 Å². The fourth-order valence-electron chi connectivity index (χ4n) is 7.27. The number of rotatable bonds is 8. The Balaban J connectivity index is 1.39. The minimum Gasteiger partial charge on any atom is -0.465 e. The van der Waals surface area contributed by atoms with Crippen LogP contribution >= 0.6 is 0 Å². The molecule has 5 rings (SSSR count). The van der Waals surface area contributed by atoms with Crippen LogP contribution in [0.4, 0.5) is 14.0 Å². The molecular weight excluding hydrogens is 595 g/mol. The van der Waals surface area contributed by atoms with E-state index in [9.17, 15) is 33.5 Å². The number of likely N-dealkylation sites (tertiary alicyclic amines) is 1. The van der Waals surface area contributed by atoms with Crippen LogP contribution in [-0.2, 0) is 32.2 Å². The molecule has 2 N–H and O–H groups in total. The van der Waals surface area contributed by atoms with Gasteiger partial charge in [0.1, 0.15) is 18.0 Å². The molecule has 1 saturated heterocycles. The highest BCUT2D eigenvalue weighted by Crippen LogP contribution is 2.40. The minimum atomic E-state index is -1.42. The molecular formula is C34H45FN4O7. The zero-order chi connectivity index (χ0) is 33.3. The van der Waals surface area contributed by atoms with Crippen molar-refractivity contribution in [3.63, 3.8) is 0 Å². The fourth-order valence-corrected chi connectivity index (χ4v) is 7.27. The van der Waals surface area contributed by atoms with Crippen LogP contribution in [0.5, 0.6) is 0 Å². The summed E-state index contributed by atoms with van der Waals surface area (Å²) in [6.07, 6.45) is 3.29. The Bertz CT molecular complexity index is 1390. The summed E-state index contributed by atoms with van der Waals surface area (Å²) >= 11 is 0. The molecule has 5 unspecified atom stereocenters. The van der Waals surface area contributed by atoms with Crippen LogP contribution in [0.25, 0.3) is 0 Å². The number of benzene rings is 1. The van der Waals surface area contributed by atoms with Crippen molar-refractivity contribution in [2.24, 2.45) is 17.8 Å². The lowest BCUT2D eigenvalue weighted by Gasteiger charge is -2.35. The summed E-state index contributed by atoms with van der Waals surface area (Å²) in [7, 11) is 0. The number of fused-ring (bicyclic) bond motifs is 1. The average Bonchev–Trinajstić information content (AvgIpc) is 3.40. The van der Waals surface area contributed by atoms with E-state index in [2.05, 4.69) is 11.9 Å². The molecule has 1 aromatic rings. The van der Waals surface area contributed by atoms with E-state index in [-0.39, 0.29) is 50.2 Å². The largest absolute Gasteiger partial charge is 0.465 e. The number of carbonyl (C=O) groups excluding carboxylic acids is 4. The van der Waals surface area contributed by atoms with E-state index in [1.165, 1.54) is 15.9 Å². The molecule has 2 aliphatic carbocycles. The van der Waals surface area contributed by atoms with Crippen molar-refractivity contribution in [1.29, 1.82) is 0 Å². The van der Waals surface area contributed by atoms with Gasteiger partial charge in [-0.1, -0.05) is 37.5 Å². The summed E-state index contributed by atoms with van der Waals surface area (Å²) in [5.74, 6) is -2.83. The Morgan fingerprint density at radius 1 is 1.13 bits per heavy atom. The Hall–Kier alpha value is -3.96. The number of amides is 5. The van der Waals surface area contributed by atoms with Crippen LogP contribution in [0.15, 0.2) is 30.9 Å². The Morgan fingerprint density at radius 3 is 2.46 bits per heavy atom. The lowest BCUT2D eigenvalue weighted by molar-refractivity contribution is -0.148. The van der Waals surface area contributed by atoms with E-state index in [0.717, 1.165) is 37.0 Å². The highest BCUT2D eigenvalue weighted by Gasteiger charge is 2.52. The van der Waals surface area contributed by atoms with Crippen LogP contribution < -0.4 is 5.32 Å². The summed E-state index contributed by atoms with van der Waals surface area (Å²) in [5, 5.41) is 13.0. The minimum absolute atomic E-state index is 0.0304. The number of carboxylic acid groups (broad SMARTS) is 1. The van der Waals surface area contributed by atoms with Gasteiger partial charge in [-0.05, 0) is 63.5 Å². The molecule has 2 heterocycles. The first-order valence-electron chi connectivity index (χ1n) is 16.3. The molecule has 0 spiro atoms. The first kappa shape index (κ1) is 33.4. The van der Waals surface area contributed by atoms with Gasteiger partial charge in [0.25, 0.3) is 5.91 Å².